The maximum Gasteiger partial charge on any atom is 0.573 e. The molecule has 0 aliphatic carbocycles. The Morgan fingerprint density at radius 2 is 1.86 bits per heavy atom. The SMILES string of the molecule is CCC1(C(=O)O)CN(Cc2ccc(OC)cc2)c2cc(OC(F)(F)F)ccc2O1. The van der Waals surface area contributed by atoms with Crippen molar-refractivity contribution in [1.82, 2.24) is 0 Å². The zero-order valence-electron chi connectivity index (χ0n) is 15.8. The van der Waals surface area contributed by atoms with Crippen LogP contribution in [0.15, 0.2) is 42.5 Å². The lowest BCUT2D eigenvalue weighted by atomic mass is 9.96. The van der Waals surface area contributed by atoms with Gasteiger partial charge in [-0.05, 0) is 36.2 Å². The lowest BCUT2D eigenvalue weighted by Gasteiger charge is -2.42. The number of hydrogen-bond acceptors (Lipinski definition) is 5. The molecular weight excluding hydrogens is 391 g/mol. The number of rotatable bonds is 6. The fourth-order valence-electron chi connectivity index (χ4n) is 3.20. The van der Waals surface area contributed by atoms with Crippen molar-refractivity contribution in [2.75, 3.05) is 18.6 Å². The van der Waals surface area contributed by atoms with E-state index in [9.17, 15) is 23.1 Å². The zero-order valence-corrected chi connectivity index (χ0v) is 15.8. The van der Waals surface area contributed by atoms with Gasteiger partial charge in [-0.15, -0.1) is 13.2 Å². The van der Waals surface area contributed by atoms with Crippen molar-refractivity contribution in [3.8, 4) is 17.2 Å². The van der Waals surface area contributed by atoms with Gasteiger partial charge in [0.25, 0.3) is 0 Å². The summed E-state index contributed by atoms with van der Waals surface area (Å²) in [5.74, 6) is -0.700. The molecule has 0 aromatic heterocycles. The van der Waals surface area contributed by atoms with Gasteiger partial charge in [-0.25, -0.2) is 4.79 Å². The van der Waals surface area contributed by atoms with Gasteiger partial charge in [-0.2, -0.15) is 0 Å². The van der Waals surface area contributed by atoms with E-state index < -0.39 is 23.7 Å². The second-order valence-corrected chi connectivity index (χ2v) is 6.64. The number of hydrogen-bond donors (Lipinski definition) is 1. The molecular formula is C20H20F3NO5. The van der Waals surface area contributed by atoms with E-state index in [4.69, 9.17) is 9.47 Å². The zero-order chi connectivity index (χ0) is 21.2. The van der Waals surface area contributed by atoms with Crippen LogP contribution in [0.5, 0.6) is 17.2 Å². The first-order valence-corrected chi connectivity index (χ1v) is 8.86. The summed E-state index contributed by atoms with van der Waals surface area (Å²) >= 11 is 0. The average Bonchev–Trinajstić information content (AvgIpc) is 2.67. The number of benzene rings is 2. The Morgan fingerprint density at radius 1 is 1.21 bits per heavy atom. The minimum absolute atomic E-state index is 0.0344. The number of fused-ring (bicyclic) bond motifs is 1. The van der Waals surface area contributed by atoms with Crippen LogP contribution in [0.4, 0.5) is 18.9 Å². The van der Waals surface area contributed by atoms with E-state index >= 15 is 0 Å². The summed E-state index contributed by atoms with van der Waals surface area (Å²) in [5, 5.41) is 9.73. The molecule has 6 nitrogen and oxygen atoms in total. The number of carboxylic acids is 1. The van der Waals surface area contributed by atoms with Crippen molar-refractivity contribution in [1.29, 1.82) is 0 Å². The molecule has 2 aromatic rings. The van der Waals surface area contributed by atoms with Crippen LogP contribution in [0.25, 0.3) is 0 Å². The number of aliphatic carboxylic acids is 1. The van der Waals surface area contributed by atoms with Crippen molar-refractivity contribution in [3.05, 3.63) is 48.0 Å². The Bertz CT molecular complexity index is 885. The molecule has 0 saturated heterocycles. The van der Waals surface area contributed by atoms with Gasteiger partial charge < -0.3 is 24.2 Å². The van der Waals surface area contributed by atoms with E-state index in [0.717, 1.165) is 11.6 Å². The van der Waals surface area contributed by atoms with Gasteiger partial charge in [0.15, 0.2) is 0 Å². The van der Waals surface area contributed by atoms with E-state index in [0.29, 0.717) is 11.4 Å². The molecule has 1 atom stereocenters. The van der Waals surface area contributed by atoms with Gasteiger partial charge in [0.05, 0.1) is 19.3 Å². The van der Waals surface area contributed by atoms with Gasteiger partial charge in [0.2, 0.25) is 5.60 Å². The van der Waals surface area contributed by atoms with Crippen LogP contribution in [-0.4, -0.2) is 36.7 Å². The highest BCUT2D eigenvalue weighted by Gasteiger charge is 2.45. The van der Waals surface area contributed by atoms with Crippen molar-refractivity contribution in [2.24, 2.45) is 0 Å². The molecule has 1 unspecified atom stereocenters. The Morgan fingerprint density at radius 3 is 2.41 bits per heavy atom. The number of anilines is 1. The lowest BCUT2D eigenvalue weighted by molar-refractivity contribution is -0.274. The van der Waals surface area contributed by atoms with E-state index in [1.165, 1.54) is 19.2 Å². The Labute approximate surface area is 165 Å². The first-order chi connectivity index (χ1) is 13.7. The van der Waals surface area contributed by atoms with Crippen LogP contribution in [0.1, 0.15) is 18.9 Å². The molecule has 0 amide bonds. The lowest BCUT2D eigenvalue weighted by Crippen LogP contribution is -2.55. The monoisotopic (exact) mass is 411 g/mol. The van der Waals surface area contributed by atoms with Crippen molar-refractivity contribution in [3.63, 3.8) is 0 Å². The highest BCUT2D eigenvalue weighted by Crippen LogP contribution is 2.42. The minimum Gasteiger partial charge on any atom is -0.497 e. The smallest absolute Gasteiger partial charge is 0.497 e. The molecule has 0 fully saturated rings. The molecule has 1 heterocycles. The predicted molar refractivity (Wildman–Crippen MR) is 98.5 cm³/mol. The molecule has 156 valence electrons. The van der Waals surface area contributed by atoms with Crippen LogP contribution in [0.2, 0.25) is 0 Å². The second-order valence-electron chi connectivity index (χ2n) is 6.64. The van der Waals surface area contributed by atoms with E-state index in [1.807, 2.05) is 0 Å². The van der Waals surface area contributed by atoms with Crippen molar-refractivity contribution >= 4 is 11.7 Å². The molecule has 0 spiro atoms. The maximum atomic E-state index is 12.6. The molecule has 1 aliphatic heterocycles. The number of ether oxygens (including phenoxy) is 3. The van der Waals surface area contributed by atoms with Gasteiger partial charge in [-0.1, -0.05) is 19.1 Å². The number of methoxy groups -OCH3 is 1. The third-order valence-electron chi connectivity index (χ3n) is 4.75. The fraction of sp³-hybridized carbons (Fsp3) is 0.350. The molecule has 1 aliphatic rings. The minimum atomic E-state index is -4.83. The van der Waals surface area contributed by atoms with Crippen LogP contribution in [-0.2, 0) is 11.3 Å². The molecule has 29 heavy (non-hydrogen) atoms. The summed E-state index contributed by atoms with van der Waals surface area (Å²) in [4.78, 5) is 13.6. The first-order valence-electron chi connectivity index (χ1n) is 8.86. The van der Waals surface area contributed by atoms with Gasteiger partial charge in [0, 0.05) is 12.6 Å². The second kappa shape index (κ2) is 7.73. The molecule has 0 saturated carbocycles. The summed E-state index contributed by atoms with van der Waals surface area (Å²) in [5.41, 5.74) is -0.352. The van der Waals surface area contributed by atoms with Crippen LogP contribution < -0.4 is 19.1 Å². The highest BCUT2D eigenvalue weighted by atomic mass is 19.4. The number of alkyl halides is 3. The predicted octanol–water partition coefficient (Wildman–Crippen LogP) is 4.23. The summed E-state index contributed by atoms with van der Waals surface area (Å²) < 4.78 is 52.7. The third kappa shape index (κ3) is 4.49. The van der Waals surface area contributed by atoms with E-state index in [1.54, 1.807) is 36.1 Å². The molecule has 9 heteroatoms. The van der Waals surface area contributed by atoms with Crippen molar-refractivity contribution < 1.29 is 37.3 Å². The molecule has 3 rings (SSSR count). The van der Waals surface area contributed by atoms with Gasteiger partial charge >= 0.3 is 12.3 Å². The summed E-state index contributed by atoms with van der Waals surface area (Å²) in [6.45, 7) is 1.92. The van der Waals surface area contributed by atoms with Crippen molar-refractivity contribution in [2.45, 2.75) is 31.9 Å². The average molecular weight is 411 g/mol. The Balaban J connectivity index is 1.99. The number of nitrogens with zero attached hydrogens (tertiary/aromatic N) is 1. The van der Waals surface area contributed by atoms with Crippen LogP contribution >= 0.6 is 0 Å². The van der Waals surface area contributed by atoms with E-state index in [2.05, 4.69) is 4.74 Å². The number of carboxylic acid groups (broad SMARTS) is 1. The Kier molecular flexibility index (Phi) is 5.50. The van der Waals surface area contributed by atoms with E-state index in [-0.39, 0.29) is 25.3 Å². The largest absolute Gasteiger partial charge is 0.573 e. The van der Waals surface area contributed by atoms with Gasteiger partial charge in [0.1, 0.15) is 17.2 Å². The molecule has 1 N–H and O–H groups in total. The quantitative estimate of drug-likeness (QED) is 0.768. The topological polar surface area (TPSA) is 68.2 Å². The summed E-state index contributed by atoms with van der Waals surface area (Å²) in [7, 11) is 1.54. The van der Waals surface area contributed by atoms with Gasteiger partial charge in [-0.3, -0.25) is 0 Å². The molecule has 2 aromatic carbocycles. The first kappa shape index (κ1) is 20.6. The summed E-state index contributed by atoms with van der Waals surface area (Å²) in [6.07, 6.45) is -4.65. The number of halogens is 3. The standard InChI is InChI=1S/C20H20F3NO5/c1-3-19(18(25)26)12-24(11-13-4-6-14(27-2)7-5-13)16-10-15(28-20(21,22)23)8-9-17(16)29-19/h4-10H,3,11-12H2,1-2H3,(H,25,26). The highest BCUT2D eigenvalue weighted by molar-refractivity contribution is 5.81. The maximum absolute atomic E-state index is 12.6. The number of carbonyl (C=O) groups is 1. The Hall–Kier alpha value is -3.10. The fourth-order valence-corrected chi connectivity index (χ4v) is 3.20. The van der Waals surface area contributed by atoms with Crippen LogP contribution in [0.3, 0.4) is 0 Å². The third-order valence-corrected chi connectivity index (χ3v) is 4.75. The molecule has 0 radical (unpaired) electrons. The summed E-state index contributed by atoms with van der Waals surface area (Å²) in [6, 6.07) is 10.7. The van der Waals surface area contributed by atoms with Crippen LogP contribution in [0, 0.1) is 0 Å². The normalized spacial score (nSPS) is 18.6. The molecule has 0 bridgehead atoms.